The lowest BCUT2D eigenvalue weighted by Gasteiger charge is -2.06. The second kappa shape index (κ2) is 6.00. The molecule has 0 bridgehead atoms. The fraction of sp³-hybridized carbons (Fsp3) is 0. The summed E-state index contributed by atoms with van der Waals surface area (Å²) in [5.41, 5.74) is 0. The fourth-order valence-electron chi connectivity index (χ4n) is 1.51. The van der Waals surface area contributed by atoms with E-state index < -0.39 is 16.1 Å². The molecule has 0 aromatic heterocycles. The van der Waals surface area contributed by atoms with Gasteiger partial charge in [-0.25, -0.2) is 0 Å². The summed E-state index contributed by atoms with van der Waals surface area (Å²) in [6.45, 7) is 0. The highest BCUT2D eigenvalue weighted by atomic mass is 31.1. The summed E-state index contributed by atoms with van der Waals surface area (Å²) in [4.78, 5) is 22.1. The maximum absolute atomic E-state index is 11.1. The van der Waals surface area contributed by atoms with E-state index in [0.717, 1.165) is 0 Å². The molecule has 2 aromatic carbocycles. The van der Waals surface area contributed by atoms with E-state index in [1.807, 2.05) is 0 Å². The van der Waals surface area contributed by atoms with Crippen LogP contribution >= 0.6 is 16.1 Å². The first-order valence-corrected chi connectivity index (χ1v) is 7.60. The Bertz CT molecular complexity index is 586. The Morgan fingerprint density at radius 2 is 1.11 bits per heavy atom. The van der Waals surface area contributed by atoms with Crippen molar-refractivity contribution < 1.29 is 23.7 Å². The first kappa shape index (κ1) is 13.8. The third-order valence-corrected chi connectivity index (χ3v) is 3.87. The maximum atomic E-state index is 11.1. The van der Waals surface area contributed by atoms with Gasteiger partial charge in [0.1, 0.15) is 0 Å². The Labute approximate surface area is 111 Å². The van der Waals surface area contributed by atoms with Crippen molar-refractivity contribution in [2.45, 2.75) is 0 Å². The van der Waals surface area contributed by atoms with Crippen LogP contribution in [0, 0.1) is 0 Å². The molecule has 0 saturated carbocycles. The molecule has 7 heteroatoms. The third kappa shape index (κ3) is 3.22. The molecule has 0 radical (unpaired) electrons. The van der Waals surface area contributed by atoms with Gasteiger partial charge in [-0.3, -0.25) is 0 Å². The molecule has 2 aromatic rings. The number of para-hydroxylation sites is 2. The van der Waals surface area contributed by atoms with Gasteiger partial charge < -0.3 is 14.5 Å². The van der Waals surface area contributed by atoms with Crippen LogP contribution in [0.4, 0.5) is 0 Å². The van der Waals surface area contributed by atoms with Crippen LogP contribution < -0.4 is 25.1 Å². The summed E-state index contributed by atoms with van der Waals surface area (Å²) in [5.74, 6) is 0.200. The van der Waals surface area contributed by atoms with Crippen molar-refractivity contribution >= 4 is 26.7 Å². The van der Waals surface area contributed by atoms with E-state index in [-0.39, 0.29) is 22.1 Å². The Kier molecular flexibility index (Phi) is 4.35. The lowest BCUT2D eigenvalue weighted by atomic mass is 10.3. The van der Waals surface area contributed by atoms with Crippen molar-refractivity contribution in [2.24, 2.45) is 0 Å². The number of ether oxygens (including phenoxy) is 1. The minimum Gasteiger partial charge on any atom is -0.591 e. The van der Waals surface area contributed by atoms with Crippen molar-refractivity contribution in [3.8, 4) is 11.5 Å². The van der Waals surface area contributed by atoms with Gasteiger partial charge >= 0.3 is 16.1 Å². The molecule has 0 aliphatic heterocycles. The van der Waals surface area contributed by atoms with Gasteiger partial charge in [0.15, 0.2) is 11.5 Å². The van der Waals surface area contributed by atoms with Gasteiger partial charge in [0.2, 0.25) is 10.6 Å². The second-order valence-electron chi connectivity index (χ2n) is 3.55. The normalized spacial score (nSPS) is 11.9. The monoisotopic (exact) mass is 294 g/mol. The summed E-state index contributed by atoms with van der Waals surface area (Å²) < 4.78 is 27.5. The van der Waals surface area contributed by atoms with Crippen LogP contribution in [0.3, 0.4) is 0 Å². The van der Waals surface area contributed by atoms with Gasteiger partial charge in [-0.1, -0.05) is 33.4 Å². The van der Waals surface area contributed by atoms with Gasteiger partial charge in [-0.05, 0) is 24.3 Å². The molecule has 2 unspecified atom stereocenters. The molecule has 5 nitrogen and oxygen atoms in total. The van der Waals surface area contributed by atoms with Crippen LogP contribution in [-0.4, -0.2) is 0 Å². The summed E-state index contributed by atoms with van der Waals surface area (Å²) in [5, 5.41) is 0.0156. The number of hydrogen-bond donors (Lipinski definition) is 0. The molecule has 0 heterocycles. The molecule has 0 spiro atoms. The van der Waals surface area contributed by atoms with E-state index in [9.17, 15) is 18.9 Å². The third-order valence-electron chi connectivity index (χ3n) is 2.34. The van der Waals surface area contributed by atoms with Gasteiger partial charge in [0.05, 0.1) is 0 Å². The molecule has 0 amide bonds. The summed E-state index contributed by atoms with van der Waals surface area (Å²) in [6, 6.07) is 12.1. The molecule has 2 rings (SSSR count). The molecule has 0 saturated heterocycles. The average Bonchev–Trinajstić information content (AvgIpc) is 2.39. The molecule has 19 heavy (non-hydrogen) atoms. The molecule has 0 fully saturated rings. The number of benzene rings is 2. The Morgan fingerprint density at radius 1 is 0.737 bits per heavy atom. The molecule has 0 aliphatic rings. The molecule has 2 atom stereocenters. The Morgan fingerprint density at radius 3 is 1.47 bits per heavy atom. The van der Waals surface area contributed by atoms with Crippen LogP contribution in [0.2, 0.25) is 0 Å². The van der Waals surface area contributed by atoms with Crippen LogP contribution in [-0.2, 0) is 9.13 Å². The predicted molar refractivity (Wildman–Crippen MR) is 67.4 cm³/mol. The van der Waals surface area contributed by atoms with Crippen molar-refractivity contribution in [3.05, 3.63) is 48.5 Å². The summed E-state index contributed by atoms with van der Waals surface area (Å²) in [6.07, 6.45) is 0. The van der Waals surface area contributed by atoms with Crippen LogP contribution in [0.1, 0.15) is 0 Å². The van der Waals surface area contributed by atoms with E-state index >= 15 is 0 Å². The summed E-state index contributed by atoms with van der Waals surface area (Å²) in [7, 11) is -5.63. The SMILES string of the molecule is O=[P+]([O-])c1ccccc1Oc1ccccc1[P+](=O)[O-]. The zero-order chi connectivity index (χ0) is 13.8. The van der Waals surface area contributed by atoms with Gasteiger partial charge in [-0.15, -0.1) is 0 Å². The quantitative estimate of drug-likeness (QED) is 0.783. The zero-order valence-electron chi connectivity index (χ0n) is 9.55. The fourth-order valence-corrected chi connectivity index (χ4v) is 2.52. The standard InChI is InChI=1S/C12H8O5P2/c13-18(14)11-7-3-1-5-9(11)17-10-6-2-4-8-12(10)19(15)16/h1-8H. The largest absolute Gasteiger partial charge is 0.591 e. The second-order valence-corrected chi connectivity index (χ2v) is 5.54. The maximum Gasteiger partial charge on any atom is 0.352 e. The minimum absolute atomic E-state index is 0.00780. The molecule has 0 N–H and O–H groups in total. The van der Waals surface area contributed by atoms with Crippen molar-refractivity contribution in [1.82, 2.24) is 0 Å². The highest BCUT2D eigenvalue weighted by Crippen LogP contribution is 2.26. The smallest absolute Gasteiger partial charge is 0.352 e. The highest BCUT2D eigenvalue weighted by Gasteiger charge is 2.20. The summed E-state index contributed by atoms with van der Waals surface area (Å²) >= 11 is 0. The lowest BCUT2D eigenvalue weighted by Crippen LogP contribution is -2.11. The van der Waals surface area contributed by atoms with Crippen LogP contribution in [0.15, 0.2) is 48.5 Å². The van der Waals surface area contributed by atoms with Gasteiger partial charge in [-0.2, -0.15) is 0 Å². The predicted octanol–water partition coefficient (Wildman–Crippen LogP) is 0.935. The molecular formula is C12H8O5P2. The first-order valence-electron chi connectivity index (χ1n) is 5.24. The van der Waals surface area contributed by atoms with Gasteiger partial charge in [0, 0.05) is 0 Å². The highest BCUT2D eigenvalue weighted by molar-refractivity contribution is 7.46. The number of hydrogen-bond acceptors (Lipinski definition) is 5. The number of rotatable bonds is 4. The van der Waals surface area contributed by atoms with Gasteiger partial charge in [0.25, 0.3) is 0 Å². The minimum atomic E-state index is -2.81. The van der Waals surface area contributed by atoms with Crippen molar-refractivity contribution in [1.29, 1.82) is 0 Å². The molecule has 96 valence electrons. The average molecular weight is 294 g/mol. The van der Waals surface area contributed by atoms with Crippen LogP contribution in [0.5, 0.6) is 11.5 Å². The van der Waals surface area contributed by atoms with E-state index in [1.54, 1.807) is 24.3 Å². The van der Waals surface area contributed by atoms with E-state index in [1.165, 1.54) is 24.3 Å². The first-order chi connectivity index (χ1) is 9.09. The van der Waals surface area contributed by atoms with Crippen LogP contribution in [0.25, 0.3) is 0 Å². The molecular weight excluding hydrogens is 286 g/mol. The Hall–Kier alpha value is -1.64. The van der Waals surface area contributed by atoms with E-state index in [4.69, 9.17) is 4.74 Å². The van der Waals surface area contributed by atoms with Crippen molar-refractivity contribution in [2.75, 3.05) is 0 Å². The molecule has 0 aliphatic carbocycles. The topological polar surface area (TPSA) is 89.5 Å². The van der Waals surface area contributed by atoms with Crippen molar-refractivity contribution in [3.63, 3.8) is 0 Å². The van der Waals surface area contributed by atoms with E-state index in [2.05, 4.69) is 0 Å². The van der Waals surface area contributed by atoms with E-state index in [0.29, 0.717) is 0 Å². The lowest BCUT2D eigenvalue weighted by molar-refractivity contribution is -0.161. The Balaban J connectivity index is 2.42. The zero-order valence-corrected chi connectivity index (χ0v) is 11.3.